The van der Waals surface area contributed by atoms with Crippen LogP contribution in [0.3, 0.4) is 0 Å². The Bertz CT molecular complexity index is 1700. The van der Waals surface area contributed by atoms with Crippen LogP contribution in [0, 0.1) is 20.2 Å². The molecule has 1 heterocycles. The van der Waals surface area contributed by atoms with Gasteiger partial charge in [0.1, 0.15) is 11.3 Å². The van der Waals surface area contributed by atoms with Gasteiger partial charge in [-0.1, -0.05) is 6.08 Å². The number of hydrogen-bond acceptors (Lipinski definition) is 10. The molecule has 1 aliphatic heterocycles. The van der Waals surface area contributed by atoms with Crippen molar-refractivity contribution in [3.05, 3.63) is 104 Å². The van der Waals surface area contributed by atoms with Crippen LogP contribution in [0.15, 0.2) is 72.8 Å². The Kier molecular flexibility index (Phi) is 9.33. The van der Waals surface area contributed by atoms with Crippen LogP contribution in [0.4, 0.5) is 21.9 Å². The number of ether oxygens (including phenoxy) is 3. The third kappa shape index (κ3) is 6.54. The van der Waals surface area contributed by atoms with Gasteiger partial charge in [0.05, 0.1) is 34.8 Å². The lowest BCUT2D eigenvalue weighted by Gasteiger charge is -2.26. The monoisotopic (exact) mass is 602 g/mol. The van der Waals surface area contributed by atoms with Crippen molar-refractivity contribution in [3.63, 3.8) is 0 Å². The Balaban J connectivity index is 1.77. The predicted octanol–water partition coefficient (Wildman–Crippen LogP) is 5.49. The van der Waals surface area contributed by atoms with Crippen LogP contribution in [-0.4, -0.2) is 40.9 Å². The quantitative estimate of drug-likeness (QED) is 0.0915. The van der Waals surface area contributed by atoms with Crippen molar-refractivity contribution >= 4 is 41.0 Å². The summed E-state index contributed by atoms with van der Waals surface area (Å²) in [5.74, 6) is -1.34. The highest BCUT2D eigenvalue weighted by Crippen LogP contribution is 2.41. The molecule has 1 N–H and O–H groups in total. The number of hydrogen-bond donors (Lipinski definition) is 1. The SMILES string of the molecule is C=CCc1cc(/C=C2\C(=O)NC(=O)N(c3ccc(OCC)cc3)C2=O)cc(OCC)c1Oc1ccc([N+](=O)[O-])cc1[N+](=O)[O-]. The largest absolute Gasteiger partial charge is 0.494 e. The third-order valence-electron chi connectivity index (χ3n) is 6.20. The number of nitrogens with zero attached hydrogens (tertiary/aromatic N) is 3. The van der Waals surface area contributed by atoms with E-state index in [1.165, 1.54) is 30.4 Å². The molecule has 3 aromatic carbocycles. The number of nitrogens with one attached hydrogen (secondary N) is 1. The van der Waals surface area contributed by atoms with Crippen molar-refractivity contribution < 1.29 is 38.4 Å². The summed E-state index contributed by atoms with van der Waals surface area (Å²) < 4.78 is 17.1. The maximum atomic E-state index is 13.4. The number of imide groups is 2. The second-order valence-corrected chi connectivity index (χ2v) is 9.09. The van der Waals surface area contributed by atoms with Crippen LogP contribution in [0.5, 0.6) is 23.0 Å². The van der Waals surface area contributed by atoms with Crippen molar-refractivity contribution in [2.75, 3.05) is 18.1 Å². The van der Waals surface area contributed by atoms with Crippen molar-refractivity contribution in [1.82, 2.24) is 5.32 Å². The molecule has 0 aromatic heterocycles. The first-order valence-corrected chi connectivity index (χ1v) is 13.2. The highest BCUT2D eigenvalue weighted by atomic mass is 16.6. The first-order chi connectivity index (χ1) is 21.1. The molecule has 0 atom stereocenters. The zero-order valence-corrected chi connectivity index (χ0v) is 23.6. The van der Waals surface area contributed by atoms with E-state index in [2.05, 4.69) is 11.9 Å². The first kappa shape index (κ1) is 30.9. The van der Waals surface area contributed by atoms with Gasteiger partial charge in [-0.3, -0.25) is 35.1 Å². The Labute approximate surface area is 250 Å². The van der Waals surface area contributed by atoms with Gasteiger partial charge in [0.25, 0.3) is 17.5 Å². The van der Waals surface area contributed by atoms with Gasteiger partial charge < -0.3 is 14.2 Å². The Morgan fingerprint density at radius 2 is 1.61 bits per heavy atom. The second kappa shape index (κ2) is 13.3. The summed E-state index contributed by atoms with van der Waals surface area (Å²) in [6, 6.07) is 11.2. The van der Waals surface area contributed by atoms with E-state index in [9.17, 15) is 34.6 Å². The van der Waals surface area contributed by atoms with Crippen molar-refractivity contribution in [2.45, 2.75) is 20.3 Å². The molecule has 3 aromatic rings. The molecule has 1 aliphatic rings. The number of carbonyl (C=O) groups is 3. The molecule has 0 saturated carbocycles. The zero-order chi connectivity index (χ0) is 32.0. The summed E-state index contributed by atoms with van der Waals surface area (Å²) in [4.78, 5) is 60.9. The van der Waals surface area contributed by atoms with Crippen LogP contribution in [-0.2, 0) is 16.0 Å². The highest BCUT2D eigenvalue weighted by Gasteiger charge is 2.37. The summed E-state index contributed by atoms with van der Waals surface area (Å²) in [5, 5.41) is 25.0. The molecular formula is C30H26N4O10. The van der Waals surface area contributed by atoms with Crippen LogP contribution < -0.4 is 24.4 Å². The maximum absolute atomic E-state index is 13.4. The smallest absolute Gasteiger partial charge is 0.335 e. The molecule has 0 bridgehead atoms. The minimum absolute atomic E-state index is 0.0662. The van der Waals surface area contributed by atoms with E-state index in [-0.39, 0.29) is 41.5 Å². The van der Waals surface area contributed by atoms with Gasteiger partial charge in [-0.2, -0.15) is 0 Å². The average molecular weight is 603 g/mol. The van der Waals surface area contributed by atoms with Gasteiger partial charge >= 0.3 is 11.7 Å². The normalized spacial score (nSPS) is 13.8. The standard InChI is InChI=1S/C30H26N4O10/c1-4-7-19-14-18(15-23-28(35)31-30(37)32(29(23)36)20-8-11-22(12-9-20)42-5-2)16-26(43-6-3)27(19)44-25-13-10-21(33(38)39)17-24(25)34(40)41/h4,8-17H,1,5-7H2,2-3H3,(H,31,35,37)/b23-15+. The number of rotatable bonds is 12. The van der Waals surface area contributed by atoms with Gasteiger partial charge in [-0.25, -0.2) is 9.69 Å². The van der Waals surface area contributed by atoms with E-state index in [1.54, 1.807) is 25.1 Å². The summed E-state index contributed by atoms with van der Waals surface area (Å²) in [5.41, 5.74) is -0.532. The van der Waals surface area contributed by atoms with E-state index < -0.39 is 39.1 Å². The van der Waals surface area contributed by atoms with Crippen molar-refractivity contribution in [3.8, 4) is 23.0 Å². The summed E-state index contributed by atoms with van der Waals surface area (Å²) in [6.07, 6.45) is 2.98. The number of non-ortho nitro benzene ring substituents is 1. The summed E-state index contributed by atoms with van der Waals surface area (Å²) in [7, 11) is 0. The molecule has 0 aliphatic carbocycles. The molecule has 1 fully saturated rings. The molecule has 4 amide bonds. The lowest BCUT2D eigenvalue weighted by atomic mass is 10.0. The van der Waals surface area contributed by atoms with Gasteiger partial charge in [0, 0.05) is 11.6 Å². The van der Waals surface area contributed by atoms with Crippen LogP contribution in [0.1, 0.15) is 25.0 Å². The molecule has 0 radical (unpaired) electrons. The van der Waals surface area contributed by atoms with Gasteiger partial charge in [-0.05, 0) is 74.4 Å². The van der Waals surface area contributed by atoms with Crippen molar-refractivity contribution in [2.24, 2.45) is 0 Å². The van der Waals surface area contributed by atoms with Crippen LogP contribution >= 0.6 is 0 Å². The molecular weight excluding hydrogens is 576 g/mol. The van der Waals surface area contributed by atoms with E-state index in [0.717, 1.165) is 23.1 Å². The first-order valence-electron chi connectivity index (χ1n) is 13.2. The van der Waals surface area contributed by atoms with E-state index in [0.29, 0.717) is 23.5 Å². The van der Waals surface area contributed by atoms with Gasteiger partial charge in [0.15, 0.2) is 11.5 Å². The molecule has 14 heteroatoms. The molecule has 0 unspecified atom stereocenters. The Morgan fingerprint density at radius 1 is 0.909 bits per heavy atom. The summed E-state index contributed by atoms with van der Waals surface area (Å²) >= 11 is 0. The number of barbiturate groups is 1. The highest BCUT2D eigenvalue weighted by molar-refractivity contribution is 6.39. The topological polar surface area (TPSA) is 180 Å². The lowest BCUT2D eigenvalue weighted by Crippen LogP contribution is -2.54. The zero-order valence-electron chi connectivity index (χ0n) is 23.6. The minimum Gasteiger partial charge on any atom is -0.494 e. The summed E-state index contributed by atoms with van der Waals surface area (Å²) in [6.45, 7) is 7.80. The number of urea groups is 1. The number of nitro benzene ring substituents is 2. The number of anilines is 1. The third-order valence-corrected chi connectivity index (χ3v) is 6.20. The number of amides is 4. The Hall–Kier alpha value is -6.05. The number of nitro groups is 2. The number of benzene rings is 3. The fraction of sp³-hybridized carbons (Fsp3) is 0.167. The van der Waals surface area contributed by atoms with E-state index in [4.69, 9.17) is 14.2 Å². The molecule has 14 nitrogen and oxygen atoms in total. The second-order valence-electron chi connectivity index (χ2n) is 9.09. The molecule has 226 valence electrons. The lowest BCUT2D eigenvalue weighted by molar-refractivity contribution is -0.394. The van der Waals surface area contributed by atoms with Gasteiger partial charge in [-0.15, -0.1) is 6.58 Å². The predicted molar refractivity (Wildman–Crippen MR) is 158 cm³/mol. The maximum Gasteiger partial charge on any atom is 0.335 e. The fourth-order valence-corrected chi connectivity index (χ4v) is 4.33. The molecule has 44 heavy (non-hydrogen) atoms. The molecule has 0 spiro atoms. The molecule has 4 rings (SSSR count). The average Bonchev–Trinajstić information content (AvgIpc) is 2.98. The number of carbonyl (C=O) groups excluding carboxylic acids is 3. The molecule has 1 saturated heterocycles. The van der Waals surface area contributed by atoms with Crippen LogP contribution in [0.25, 0.3) is 6.08 Å². The van der Waals surface area contributed by atoms with Crippen LogP contribution in [0.2, 0.25) is 0 Å². The van der Waals surface area contributed by atoms with E-state index in [1.807, 2.05) is 6.92 Å². The number of allylic oxidation sites excluding steroid dienone is 1. The fourth-order valence-electron chi connectivity index (χ4n) is 4.33. The van der Waals surface area contributed by atoms with Gasteiger partial charge in [0.2, 0.25) is 5.75 Å². The van der Waals surface area contributed by atoms with E-state index >= 15 is 0 Å². The minimum atomic E-state index is -0.919. The Morgan fingerprint density at radius 3 is 2.23 bits per heavy atom. The van der Waals surface area contributed by atoms with Crippen molar-refractivity contribution in [1.29, 1.82) is 0 Å².